The second kappa shape index (κ2) is 95.2. The Morgan fingerprint density at radius 3 is 0.889 bits per heavy atom. The van der Waals surface area contributed by atoms with E-state index in [4.69, 9.17) is 0 Å². The van der Waals surface area contributed by atoms with Crippen molar-refractivity contribution < 1.29 is 119 Å². The molecule has 4 N–H and O–H groups in total. The summed E-state index contributed by atoms with van der Waals surface area (Å²) in [7, 11) is 0. The SMILES string of the molecule is O.O.[AlH3].[Co].[Fe].[Ni].[Ru].[V].[Zn]. The van der Waals surface area contributed by atoms with Gasteiger partial charge in [-0.2, -0.15) is 0 Å². The van der Waals surface area contributed by atoms with Gasteiger partial charge in [0.15, 0.2) is 17.4 Å². The standard InChI is InChI=1S/Al.Co.Fe.Ni.2H2O.Ru.V.Zn.3H/h;;;;2*1H2;;;;;;. The van der Waals surface area contributed by atoms with Crippen LogP contribution in [-0.4, -0.2) is 28.3 Å². The van der Waals surface area contributed by atoms with Gasteiger partial charge in [0.2, 0.25) is 0 Å². The minimum absolute atomic E-state index is 0. The zero-order chi connectivity index (χ0) is 0. The fourth-order valence-corrected chi connectivity index (χ4v) is 0. The number of hydrogen-bond acceptors (Lipinski definition) is 0. The number of hydrogen-bond donors (Lipinski definition) is 0. The molecule has 64 valence electrons. The van der Waals surface area contributed by atoms with Gasteiger partial charge >= 0.3 is 0 Å². The van der Waals surface area contributed by atoms with Crippen LogP contribution < -0.4 is 0 Å². The summed E-state index contributed by atoms with van der Waals surface area (Å²) in [6.07, 6.45) is 0. The van der Waals surface area contributed by atoms with Crippen LogP contribution in [0.3, 0.4) is 0 Å². The maximum Gasteiger partial charge on any atom is 0.187 e. The summed E-state index contributed by atoms with van der Waals surface area (Å²) in [5.74, 6) is 0. The Bertz CT molecular complexity index is 26.5. The van der Waals surface area contributed by atoms with Gasteiger partial charge in [-0.05, 0) is 0 Å². The largest absolute Gasteiger partial charge is 0.412 e. The van der Waals surface area contributed by atoms with Crippen LogP contribution in [0.2, 0.25) is 0 Å². The molecule has 0 aromatic carbocycles. The summed E-state index contributed by atoms with van der Waals surface area (Å²) < 4.78 is 0. The van der Waals surface area contributed by atoms with Crippen molar-refractivity contribution >= 4 is 17.4 Å². The molecule has 0 rings (SSSR count). The fourth-order valence-electron chi connectivity index (χ4n) is 0. The Kier molecular flexibility index (Phi) is 1300. The minimum Gasteiger partial charge on any atom is -0.412 e. The van der Waals surface area contributed by atoms with E-state index in [1.54, 1.807) is 0 Å². The van der Waals surface area contributed by atoms with Crippen LogP contribution in [0.5, 0.6) is 0 Å². The Hall–Kier alpha value is 3.80. The van der Waals surface area contributed by atoms with Gasteiger partial charge in [-0.15, -0.1) is 0 Å². The van der Waals surface area contributed by atoms with E-state index in [1.807, 2.05) is 0 Å². The van der Waals surface area contributed by atoms with Crippen molar-refractivity contribution in [3.8, 4) is 0 Å². The third kappa shape index (κ3) is 78.4. The quantitative estimate of drug-likeness (QED) is 0.352. The second-order valence-electron chi connectivity index (χ2n) is 0. The predicted octanol–water partition coefficient (Wildman–Crippen LogP) is -2.85. The topological polar surface area (TPSA) is 63.0 Å². The molecule has 0 aliphatic heterocycles. The molecule has 0 unspecified atom stereocenters. The van der Waals surface area contributed by atoms with E-state index in [-0.39, 0.29) is 136 Å². The Labute approximate surface area is 134 Å². The summed E-state index contributed by atoms with van der Waals surface area (Å²) in [6.45, 7) is 0. The Morgan fingerprint density at radius 2 is 0.889 bits per heavy atom. The molecule has 2 radical (unpaired) electrons. The average Bonchev–Trinajstić information content (AvgIpc) is 0. The molecule has 0 aromatic rings. The fraction of sp³-hybridized carbons (Fsp3) is 0. The Morgan fingerprint density at radius 1 is 0.889 bits per heavy atom. The van der Waals surface area contributed by atoms with Crippen molar-refractivity contribution in [1.82, 2.24) is 0 Å². The van der Waals surface area contributed by atoms with Crippen molar-refractivity contribution in [3.05, 3.63) is 0 Å². The van der Waals surface area contributed by atoms with Crippen LogP contribution in [-0.2, 0) is 108 Å². The maximum absolute atomic E-state index is 0. The van der Waals surface area contributed by atoms with Gasteiger partial charge in [-0.3, -0.25) is 0 Å². The molecule has 2 nitrogen and oxygen atoms in total. The molecule has 0 amide bonds. The third-order valence-electron chi connectivity index (χ3n) is 0. The van der Waals surface area contributed by atoms with Crippen molar-refractivity contribution in [1.29, 1.82) is 0 Å². The smallest absolute Gasteiger partial charge is 0.187 e. The van der Waals surface area contributed by atoms with Gasteiger partial charge in [0.25, 0.3) is 0 Å². The minimum atomic E-state index is 0. The van der Waals surface area contributed by atoms with E-state index < -0.39 is 0 Å². The van der Waals surface area contributed by atoms with E-state index in [2.05, 4.69) is 0 Å². The third-order valence-corrected chi connectivity index (χ3v) is 0. The van der Waals surface area contributed by atoms with Crippen molar-refractivity contribution in [2.75, 3.05) is 0 Å². The molecule has 0 bridgehead atoms. The second-order valence-corrected chi connectivity index (χ2v) is 0. The monoisotopic (exact) mass is 456 g/mol. The Balaban J connectivity index is 0. The molecule has 0 aromatic heterocycles. The van der Waals surface area contributed by atoms with E-state index in [1.165, 1.54) is 0 Å². The molecule has 0 aliphatic carbocycles. The van der Waals surface area contributed by atoms with Gasteiger partial charge in [-0.1, -0.05) is 0 Å². The first kappa shape index (κ1) is 123. The first-order chi connectivity index (χ1) is 0. The molecule has 0 fully saturated rings. The maximum atomic E-state index is 0. The molecule has 0 spiro atoms. The molecule has 9 heavy (non-hydrogen) atoms. The molecule has 0 saturated heterocycles. The molecule has 9 heteroatoms. The molecule has 0 atom stereocenters. The van der Waals surface area contributed by atoms with E-state index in [0.717, 1.165) is 0 Å². The van der Waals surface area contributed by atoms with Gasteiger partial charge in [0.05, 0.1) is 0 Å². The van der Waals surface area contributed by atoms with Gasteiger partial charge in [0, 0.05) is 108 Å². The van der Waals surface area contributed by atoms with Crippen LogP contribution in [0.1, 0.15) is 0 Å². The molecule has 0 aliphatic rings. The van der Waals surface area contributed by atoms with Crippen molar-refractivity contribution in [2.24, 2.45) is 0 Å². The molecule has 0 saturated carbocycles. The molecular weight excluding hydrogens is 450 g/mol. The number of rotatable bonds is 0. The normalized spacial score (nSPS) is 0. The first-order valence-electron chi connectivity index (χ1n) is 0. The van der Waals surface area contributed by atoms with Gasteiger partial charge in [-0.25, -0.2) is 0 Å². The van der Waals surface area contributed by atoms with Crippen LogP contribution in [0.4, 0.5) is 0 Å². The average molecular weight is 457 g/mol. The van der Waals surface area contributed by atoms with Crippen LogP contribution >= 0.6 is 0 Å². The van der Waals surface area contributed by atoms with Gasteiger partial charge < -0.3 is 11.0 Å². The van der Waals surface area contributed by atoms with Crippen molar-refractivity contribution in [2.45, 2.75) is 0 Å². The van der Waals surface area contributed by atoms with Crippen LogP contribution in [0, 0.1) is 0 Å². The summed E-state index contributed by atoms with van der Waals surface area (Å²) >= 11 is 0. The van der Waals surface area contributed by atoms with E-state index in [0.29, 0.717) is 0 Å². The first-order valence-corrected chi connectivity index (χ1v) is 0. The molecule has 0 heterocycles. The zero-order valence-electron chi connectivity index (χ0n) is 3.51. The van der Waals surface area contributed by atoms with Crippen molar-refractivity contribution in [3.63, 3.8) is 0 Å². The van der Waals surface area contributed by atoms with Crippen LogP contribution in [0.25, 0.3) is 0 Å². The zero-order valence-corrected chi connectivity index (χ0v) is 12.7. The van der Waals surface area contributed by atoms with E-state index in [9.17, 15) is 0 Å². The summed E-state index contributed by atoms with van der Waals surface area (Å²) in [5.41, 5.74) is 0. The van der Waals surface area contributed by atoms with Gasteiger partial charge in [0.1, 0.15) is 0 Å². The predicted molar refractivity (Wildman–Crippen MR) is 17.2 cm³/mol. The van der Waals surface area contributed by atoms with E-state index >= 15 is 0 Å². The molecular formula is H7AlCoFeNiO2RuVZn. The summed E-state index contributed by atoms with van der Waals surface area (Å²) in [6, 6.07) is 0. The summed E-state index contributed by atoms with van der Waals surface area (Å²) in [4.78, 5) is 0. The van der Waals surface area contributed by atoms with Crippen LogP contribution in [0.15, 0.2) is 0 Å². The summed E-state index contributed by atoms with van der Waals surface area (Å²) in [5, 5.41) is 0.